The molecule has 4 aliphatic heterocycles. The molecule has 0 aromatic rings. The van der Waals surface area contributed by atoms with Crippen LogP contribution in [0.2, 0.25) is 0 Å². The molecule has 4 aliphatic rings. The molecule has 3 saturated heterocycles. The first-order valence-electron chi connectivity index (χ1n) is 6.19. The van der Waals surface area contributed by atoms with Crippen molar-refractivity contribution < 1.29 is 33.6 Å². The molecular weight excluding hydrogens is 256 g/mol. The van der Waals surface area contributed by atoms with Gasteiger partial charge in [-0.25, -0.2) is 4.79 Å². The van der Waals surface area contributed by atoms with Gasteiger partial charge in [-0.05, 0) is 19.9 Å². The molecule has 4 heterocycles. The number of carbonyl (C=O) groups excluding carboxylic acids is 1. The Labute approximate surface area is 109 Å². The molecule has 7 nitrogen and oxygen atoms in total. The van der Waals surface area contributed by atoms with Crippen molar-refractivity contribution in [2.75, 3.05) is 0 Å². The lowest BCUT2D eigenvalue weighted by molar-refractivity contribution is -0.228. The number of ether oxygens (including phenoxy) is 5. The van der Waals surface area contributed by atoms with Gasteiger partial charge in [0.25, 0.3) is 5.79 Å². The third kappa shape index (κ3) is 1.47. The fourth-order valence-electron chi connectivity index (χ4n) is 3.04. The van der Waals surface area contributed by atoms with Gasteiger partial charge in [-0.15, -0.1) is 0 Å². The van der Waals surface area contributed by atoms with Gasteiger partial charge in [0.1, 0.15) is 18.3 Å². The summed E-state index contributed by atoms with van der Waals surface area (Å²) in [6.45, 7) is 3.56. The summed E-state index contributed by atoms with van der Waals surface area (Å²) in [4.78, 5) is 11.2. The molecule has 0 bridgehead atoms. The Hall–Kier alpha value is -0.990. The smallest absolute Gasteiger partial charge is 0.333 e. The summed E-state index contributed by atoms with van der Waals surface area (Å²) in [7, 11) is 0. The van der Waals surface area contributed by atoms with Crippen LogP contribution in [0.3, 0.4) is 0 Å². The zero-order chi connectivity index (χ0) is 13.4. The summed E-state index contributed by atoms with van der Waals surface area (Å²) in [6.07, 6.45) is -0.630. The standard InChI is InChI=1S/C12H14O7/c1-11(2)17-8-6-7(15-10(8)19-11)9(14)12(18-6)4-3-5(13)16-12/h3-4,6-10,14H,1-2H3/t6-,7-,8+,9-,10+,12+/m0/s1. The Bertz CT molecular complexity index is 473. The van der Waals surface area contributed by atoms with Crippen LogP contribution < -0.4 is 0 Å². The molecule has 19 heavy (non-hydrogen) atoms. The largest absolute Gasteiger partial charge is 0.423 e. The van der Waals surface area contributed by atoms with E-state index in [4.69, 9.17) is 23.7 Å². The second kappa shape index (κ2) is 3.36. The van der Waals surface area contributed by atoms with Gasteiger partial charge >= 0.3 is 5.97 Å². The van der Waals surface area contributed by atoms with E-state index in [-0.39, 0.29) is 0 Å². The predicted molar refractivity (Wildman–Crippen MR) is 57.5 cm³/mol. The zero-order valence-corrected chi connectivity index (χ0v) is 10.4. The highest BCUT2D eigenvalue weighted by molar-refractivity contribution is 5.85. The maximum atomic E-state index is 11.2. The Kier molecular flexibility index (Phi) is 2.09. The Morgan fingerprint density at radius 3 is 2.63 bits per heavy atom. The van der Waals surface area contributed by atoms with Crippen molar-refractivity contribution in [2.45, 2.75) is 56.1 Å². The van der Waals surface area contributed by atoms with Crippen molar-refractivity contribution in [3.63, 3.8) is 0 Å². The van der Waals surface area contributed by atoms with Crippen LogP contribution in [0.5, 0.6) is 0 Å². The van der Waals surface area contributed by atoms with Gasteiger partial charge in [-0.3, -0.25) is 0 Å². The van der Waals surface area contributed by atoms with Gasteiger partial charge in [0, 0.05) is 6.08 Å². The summed E-state index contributed by atoms with van der Waals surface area (Å²) in [5.41, 5.74) is 0. The first-order chi connectivity index (χ1) is 8.90. The Morgan fingerprint density at radius 2 is 1.95 bits per heavy atom. The number of hydrogen-bond donors (Lipinski definition) is 1. The minimum Gasteiger partial charge on any atom is -0.423 e. The van der Waals surface area contributed by atoms with E-state index in [0.29, 0.717) is 0 Å². The molecule has 1 spiro atoms. The molecule has 0 radical (unpaired) electrons. The minimum atomic E-state index is -1.45. The van der Waals surface area contributed by atoms with Crippen LogP contribution in [-0.2, 0) is 28.5 Å². The van der Waals surface area contributed by atoms with Gasteiger partial charge < -0.3 is 28.8 Å². The Morgan fingerprint density at radius 1 is 1.16 bits per heavy atom. The van der Waals surface area contributed by atoms with Crippen LogP contribution in [0.1, 0.15) is 13.8 Å². The lowest BCUT2D eigenvalue weighted by atomic mass is 10.0. The average molecular weight is 270 g/mol. The van der Waals surface area contributed by atoms with Crippen LogP contribution in [0.15, 0.2) is 12.2 Å². The lowest BCUT2D eigenvalue weighted by Gasteiger charge is -2.26. The van der Waals surface area contributed by atoms with E-state index in [9.17, 15) is 9.90 Å². The van der Waals surface area contributed by atoms with Crippen molar-refractivity contribution in [3.05, 3.63) is 12.2 Å². The maximum absolute atomic E-state index is 11.2. The van der Waals surface area contributed by atoms with Crippen molar-refractivity contribution in [3.8, 4) is 0 Å². The van der Waals surface area contributed by atoms with E-state index in [2.05, 4.69) is 0 Å². The summed E-state index contributed by atoms with van der Waals surface area (Å²) in [5, 5.41) is 10.3. The van der Waals surface area contributed by atoms with Gasteiger partial charge in [-0.1, -0.05) is 0 Å². The van der Waals surface area contributed by atoms with Crippen LogP contribution >= 0.6 is 0 Å². The van der Waals surface area contributed by atoms with E-state index in [1.54, 1.807) is 13.8 Å². The van der Waals surface area contributed by atoms with Crippen LogP contribution in [0, 0.1) is 0 Å². The topological polar surface area (TPSA) is 83.5 Å². The minimum absolute atomic E-state index is 0.443. The monoisotopic (exact) mass is 270 g/mol. The van der Waals surface area contributed by atoms with E-state index >= 15 is 0 Å². The van der Waals surface area contributed by atoms with Crippen molar-refractivity contribution in [1.82, 2.24) is 0 Å². The summed E-state index contributed by atoms with van der Waals surface area (Å²) in [6, 6.07) is 0. The first-order valence-corrected chi connectivity index (χ1v) is 6.19. The van der Waals surface area contributed by atoms with Crippen LogP contribution in [0.25, 0.3) is 0 Å². The number of hydrogen-bond acceptors (Lipinski definition) is 7. The second-order valence-electron chi connectivity index (χ2n) is 5.57. The molecule has 1 N–H and O–H groups in total. The number of aliphatic hydroxyl groups excluding tert-OH is 1. The fraction of sp³-hybridized carbons (Fsp3) is 0.750. The van der Waals surface area contributed by atoms with E-state index < -0.39 is 48.2 Å². The van der Waals surface area contributed by atoms with Crippen molar-refractivity contribution in [1.29, 1.82) is 0 Å². The summed E-state index contributed by atoms with van der Waals surface area (Å²) in [5.74, 6) is -2.75. The van der Waals surface area contributed by atoms with E-state index in [1.807, 2.05) is 0 Å². The van der Waals surface area contributed by atoms with Crippen molar-refractivity contribution in [2.24, 2.45) is 0 Å². The number of aliphatic hydroxyl groups is 1. The summed E-state index contributed by atoms with van der Waals surface area (Å²) < 4.78 is 27.7. The van der Waals surface area contributed by atoms with Gasteiger partial charge in [-0.2, -0.15) is 0 Å². The zero-order valence-electron chi connectivity index (χ0n) is 10.4. The van der Waals surface area contributed by atoms with Gasteiger partial charge in [0.05, 0.1) is 0 Å². The normalized spacial score (nSPS) is 53.6. The molecule has 4 rings (SSSR count). The number of fused-ring (bicyclic) bond motifs is 3. The maximum Gasteiger partial charge on any atom is 0.333 e. The molecule has 0 saturated carbocycles. The first kappa shape index (κ1) is 11.8. The third-order valence-corrected chi connectivity index (χ3v) is 3.78. The number of rotatable bonds is 0. The van der Waals surface area contributed by atoms with Crippen LogP contribution in [-0.4, -0.2) is 53.4 Å². The molecule has 0 amide bonds. The molecule has 0 aromatic heterocycles. The van der Waals surface area contributed by atoms with Gasteiger partial charge in [0.2, 0.25) is 0 Å². The third-order valence-electron chi connectivity index (χ3n) is 3.78. The predicted octanol–water partition coefficient (Wildman–Crippen LogP) is -0.568. The molecule has 104 valence electrons. The molecule has 7 heteroatoms. The van der Waals surface area contributed by atoms with E-state index in [1.165, 1.54) is 12.2 Å². The number of esters is 1. The molecule has 3 fully saturated rings. The highest BCUT2D eigenvalue weighted by atomic mass is 16.9. The number of carbonyl (C=O) groups is 1. The fourth-order valence-corrected chi connectivity index (χ4v) is 3.04. The highest BCUT2D eigenvalue weighted by Gasteiger charge is 2.68. The average Bonchev–Trinajstić information content (AvgIpc) is 2.97. The molecule has 6 atom stereocenters. The SMILES string of the molecule is CC1(C)O[C@H]2O[C@H]3[C@H](O[C@]4(C=CC(=O)O4)[C@H]3O)[C@H]2O1. The van der Waals surface area contributed by atoms with Gasteiger partial charge in [0.15, 0.2) is 18.2 Å². The molecule has 0 aliphatic carbocycles. The van der Waals surface area contributed by atoms with Crippen molar-refractivity contribution >= 4 is 5.97 Å². The molecule has 0 unspecified atom stereocenters. The van der Waals surface area contributed by atoms with E-state index in [0.717, 1.165) is 0 Å². The summed E-state index contributed by atoms with van der Waals surface area (Å²) >= 11 is 0. The highest BCUT2D eigenvalue weighted by Crippen LogP contribution is 2.48. The Balaban J connectivity index is 1.61. The quantitative estimate of drug-likeness (QED) is 0.590. The second-order valence-corrected chi connectivity index (χ2v) is 5.57. The lowest BCUT2D eigenvalue weighted by Crippen LogP contribution is -2.44. The molecule has 0 aromatic carbocycles. The van der Waals surface area contributed by atoms with Crippen LogP contribution in [0.4, 0.5) is 0 Å². The molecular formula is C12H14O7.